The molecule has 138 valence electrons. The molecule has 1 aliphatic heterocycles. The summed E-state index contributed by atoms with van der Waals surface area (Å²) >= 11 is 6.39. The highest BCUT2D eigenvalue weighted by atomic mass is 32.2. The lowest BCUT2D eigenvalue weighted by Gasteiger charge is -2.15. The molecule has 2 aromatic carbocycles. The molecule has 0 atom stereocenters. The van der Waals surface area contributed by atoms with Crippen molar-refractivity contribution in [3.63, 3.8) is 0 Å². The zero-order valence-corrected chi connectivity index (χ0v) is 15.7. The van der Waals surface area contributed by atoms with E-state index in [9.17, 15) is 14.7 Å². The second-order valence-electron chi connectivity index (χ2n) is 5.81. The molecule has 1 fully saturated rings. The van der Waals surface area contributed by atoms with Gasteiger partial charge >= 0.3 is 5.97 Å². The molecule has 0 unspecified atom stereocenters. The highest BCUT2D eigenvalue weighted by Gasteiger charge is 2.34. The molecule has 28 heavy (non-hydrogen) atoms. The molecular formula is C19H11N3O4S2. The van der Waals surface area contributed by atoms with E-state index in [1.165, 1.54) is 23.1 Å². The molecule has 0 aliphatic carbocycles. The second-order valence-corrected chi connectivity index (χ2v) is 7.48. The van der Waals surface area contributed by atoms with E-state index in [0.29, 0.717) is 16.1 Å². The minimum absolute atomic E-state index is 0.254. The van der Waals surface area contributed by atoms with Crippen LogP contribution in [-0.2, 0) is 4.79 Å². The molecule has 7 nitrogen and oxygen atoms in total. The van der Waals surface area contributed by atoms with E-state index in [1.54, 1.807) is 12.3 Å². The van der Waals surface area contributed by atoms with E-state index in [0.717, 1.165) is 17.3 Å². The van der Waals surface area contributed by atoms with Crippen molar-refractivity contribution >= 4 is 63.0 Å². The number of anilines is 1. The number of thiocarbonyl (C=S) groups is 1. The van der Waals surface area contributed by atoms with E-state index in [4.69, 9.17) is 17.3 Å². The van der Waals surface area contributed by atoms with Crippen molar-refractivity contribution in [3.8, 4) is 5.75 Å². The number of phenols is 1. The lowest BCUT2D eigenvalue weighted by Crippen LogP contribution is -2.27. The summed E-state index contributed by atoms with van der Waals surface area (Å²) in [4.78, 5) is 34.2. The van der Waals surface area contributed by atoms with Crippen LogP contribution in [-0.4, -0.2) is 36.4 Å². The standard InChI is InChI=1S/C19H11N3O4S2/c23-15-8-11(5-6-12(15)18(25)26)22-17(24)16(28-19(22)27)7-10-9-20-13-3-1-2-4-14(13)21-10/h1-9,23H,(H,25,26)/b16-7-. The third-order valence-electron chi connectivity index (χ3n) is 4.01. The van der Waals surface area contributed by atoms with Gasteiger partial charge in [-0.1, -0.05) is 36.1 Å². The lowest BCUT2D eigenvalue weighted by atomic mass is 10.1. The van der Waals surface area contributed by atoms with Gasteiger partial charge in [-0.2, -0.15) is 0 Å². The molecule has 2 N–H and O–H groups in total. The normalized spacial score (nSPS) is 15.6. The monoisotopic (exact) mass is 409 g/mol. The van der Waals surface area contributed by atoms with Crippen LogP contribution in [0.5, 0.6) is 5.75 Å². The Balaban J connectivity index is 1.67. The van der Waals surface area contributed by atoms with Crippen molar-refractivity contribution in [2.45, 2.75) is 0 Å². The number of benzene rings is 2. The molecule has 0 saturated carbocycles. The highest BCUT2D eigenvalue weighted by molar-refractivity contribution is 8.27. The van der Waals surface area contributed by atoms with Crippen LogP contribution in [0.15, 0.2) is 53.6 Å². The zero-order chi connectivity index (χ0) is 19.8. The Kier molecular flexibility index (Phi) is 4.54. The van der Waals surface area contributed by atoms with Gasteiger partial charge in [0, 0.05) is 6.07 Å². The summed E-state index contributed by atoms with van der Waals surface area (Å²) in [7, 11) is 0. The number of carboxylic acids is 1. The first kappa shape index (κ1) is 18.1. The van der Waals surface area contributed by atoms with Crippen molar-refractivity contribution in [1.82, 2.24) is 9.97 Å². The number of fused-ring (bicyclic) bond motifs is 1. The number of carbonyl (C=O) groups is 2. The molecule has 1 amide bonds. The summed E-state index contributed by atoms with van der Waals surface area (Å²) in [6, 6.07) is 11.3. The number of thioether (sulfide) groups is 1. The highest BCUT2D eigenvalue weighted by Crippen LogP contribution is 2.37. The van der Waals surface area contributed by atoms with Crippen molar-refractivity contribution in [3.05, 3.63) is 64.8 Å². The van der Waals surface area contributed by atoms with Gasteiger partial charge in [-0.15, -0.1) is 0 Å². The van der Waals surface area contributed by atoms with Gasteiger partial charge in [0.1, 0.15) is 11.3 Å². The fraction of sp³-hybridized carbons (Fsp3) is 0. The van der Waals surface area contributed by atoms with Crippen LogP contribution in [0.1, 0.15) is 16.1 Å². The van der Waals surface area contributed by atoms with Crippen molar-refractivity contribution in [2.75, 3.05) is 4.90 Å². The first-order valence-electron chi connectivity index (χ1n) is 8.00. The number of amides is 1. The number of aromatic hydroxyl groups is 1. The van der Waals surface area contributed by atoms with E-state index >= 15 is 0 Å². The molecule has 3 aromatic rings. The van der Waals surface area contributed by atoms with Crippen LogP contribution in [0, 0.1) is 0 Å². The molecular weight excluding hydrogens is 398 g/mol. The summed E-state index contributed by atoms with van der Waals surface area (Å²) in [5.41, 5.74) is 2.01. The molecule has 1 saturated heterocycles. The van der Waals surface area contributed by atoms with Crippen LogP contribution in [0.4, 0.5) is 5.69 Å². The molecule has 0 bridgehead atoms. The number of nitrogens with zero attached hydrogens (tertiary/aromatic N) is 3. The van der Waals surface area contributed by atoms with Gasteiger partial charge < -0.3 is 10.2 Å². The van der Waals surface area contributed by atoms with Crippen molar-refractivity contribution < 1.29 is 19.8 Å². The van der Waals surface area contributed by atoms with Gasteiger partial charge in [-0.3, -0.25) is 14.7 Å². The molecule has 4 rings (SSSR count). The van der Waals surface area contributed by atoms with Crippen LogP contribution < -0.4 is 4.90 Å². The molecule has 0 spiro atoms. The lowest BCUT2D eigenvalue weighted by molar-refractivity contribution is -0.113. The Morgan fingerprint density at radius 2 is 1.93 bits per heavy atom. The van der Waals surface area contributed by atoms with Crippen LogP contribution in [0.2, 0.25) is 0 Å². The number of hydrogen-bond donors (Lipinski definition) is 2. The minimum atomic E-state index is -1.26. The number of carbonyl (C=O) groups excluding carboxylic acids is 1. The van der Waals surface area contributed by atoms with Crippen LogP contribution in [0.25, 0.3) is 17.1 Å². The van der Waals surface area contributed by atoms with E-state index in [2.05, 4.69) is 9.97 Å². The Hall–Kier alpha value is -3.30. The SMILES string of the molecule is O=C(O)c1ccc(N2C(=O)/C(=C/c3cnc4ccccc4n3)SC2=S)cc1O. The minimum Gasteiger partial charge on any atom is -0.507 e. The van der Waals surface area contributed by atoms with Gasteiger partial charge in [-0.05, 0) is 30.3 Å². The first-order valence-corrected chi connectivity index (χ1v) is 9.22. The van der Waals surface area contributed by atoms with Gasteiger partial charge in [0.25, 0.3) is 5.91 Å². The van der Waals surface area contributed by atoms with Crippen LogP contribution >= 0.6 is 24.0 Å². The third kappa shape index (κ3) is 3.21. The molecule has 1 aromatic heterocycles. The van der Waals surface area contributed by atoms with Gasteiger partial charge in [-0.25, -0.2) is 9.78 Å². The number of aromatic nitrogens is 2. The molecule has 9 heteroatoms. The zero-order valence-electron chi connectivity index (χ0n) is 14.1. The van der Waals surface area contributed by atoms with E-state index < -0.39 is 11.7 Å². The molecule has 2 heterocycles. The molecule has 0 radical (unpaired) electrons. The number of aromatic carboxylic acids is 1. The maximum atomic E-state index is 12.8. The van der Waals surface area contributed by atoms with Crippen molar-refractivity contribution in [1.29, 1.82) is 0 Å². The quantitative estimate of drug-likeness (QED) is 0.501. The Labute approximate surface area is 168 Å². The second kappa shape index (κ2) is 7.02. The topological polar surface area (TPSA) is 104 Å². The predicted molar refractivity (Wildman–Crippen MR) is 110 cm³/mol. The number of hydrogen-bond acceptors (Lipinski definition) is 7. The summed E-state index contributed by atoms with van der Waals surface area (Å²) in [5, 5.41) is 18.9. The first-order chi connectivity index (χ1) is 13.4. The van der Waals surface area contributed by atoms with Crippen LogP contribution in [0.3, 0.4) is 0 Å². The summed E-state index contributed by atoms with van der Waals surface area (Å²) in [6.45, 7) is 0. The fourth-order valence-electron chi connectivity index (χ4n) is 2.71. The average molecular weight is 409 g/mol. The number of para-hydroxylation sites is 2. The summed E-state index contributed by atoms with van der Waals surface area (Å²) < 4.78 is 0.271. The molecule has 1 aliphatic rings. The Morgan fingerprint density at radius 1 is 1.18 bits per heavy atom. The maximum absolute atomic E-state index is 12.8. The summed E-state index contributed by atoms with van der Waals surface area (Å²) in [6.07, 6.45) is 3.17. The smallest absolute Gasteiger partial charge is 0.339 e. The van der Waals surface area contributed by atoms with E-state index in [-0.39, 0.29) is 21.5 Å². The number of rotatable bonds is 3. The van der Waals surface area contributed by atoms with E-state index in [1.807, 2.05) is 24.3 Å². The maximum Gasteiger partial charge on any atom is 0.339 e. The predicted octanol–water partition coefficient (Wildman–Crippen LogP) is 3.44. The fourth-order valence-corrected chi connectivity index (χ4v) is 3.99. The van der Waals surface area contributed by atoms with Gasteiger partial charge in [0.15, 0.2) is 4.32 Å². The average Bonchev–Trinajstić information content (AvgIpc) is 2.94. The van der Waals surface area contributed by atoms with Gasteiger partial charge in [0.05, 0.1) is 33.5 Å². The summed E-state index contributed by atoms with van der Waals surface area (Å²) in [5.74, 6) is -2.08. The largest absolute Gasteiger partial charge is 0.507 e. The third-order valence-corrected chi connectivity index (χ3v) is 5.31. The number of carboxylic acid groups (broad SMARTS) is 1. The Bertz CT molecular complexity index is 1190. The van der Waals surface area contributed by atoms with Crippen molar-refractivity contribution in [2.24, 2.45) is 0 Å². The Morgan fingerprint density at radius 3 is 2.64 bits per heavy atom. The van der Waals surface area contributed by atoms with Gasteiger partial charge in [0.2, 0.25) is 0 Å².